The molecule has 0 bridgehead atoms. The highest BCUT2D eigenvalue weighted by Gasteiger charge is 2.38. The summed E-state index contributed by atoms with van der Waals surface area (Å²) in [6, 6.07) is 9.74. The molecule has 0 atom stereocenters. The van der Waals surface area contributed by atoms with Gasteiger partial charge in [0.25, 0.3) is 5.56 Å². The van der Waals surface area contributed by atoms with Crippen molar-refractivity contribution in [3.8, 4) is 11.9 Å². The Labute approximate surface area is 174 Å². The van der Waals surface area contributed by atoms with Crippen LogP contribution in [0.3, 0.4) is 0 Å². The lowest BCUT2D eigenvalue weighted by molar-refractivity contribution is 0.0524. The molecule has 7 nitrogen and oxygen atoms in total. The first-order valence-electron chi connectivity index (χ1n) is 9.50. The zero-order valence-electron chi connectivity index (χ0n) is 17.6. The van der Waals surface area contributed by atoms with Gasteiger partial charge in [-0.1, -0.05) is 23.9 Å². The number of hydrogen-bond acceptors (Lipinski definition) is 6. The van der Waals surface area contributed by atoms with Gasteiger partial charge in [0, 0.05) is 25.2 Å². The zero-order valence-corrected chi connectivity index (χ0v) is 17.6. The molecule has 1 aromatic heterocycles. The molecule has 30 heavy (non-hydrogen) atoms. The van der Waals surface area contributed by atoms with E-state index in [4.69, 9.17) is 4.74 Å². The Balaban J connectivity index is 2.31. The van der Waals surface area contributed by atoms with E-state index >= 15 is 0 Å². The second-order valence-electron chi connectivity index (χ2n) is 7.52. The van der Waals surface area contributed by atoms with E-state index in [1.807, 2.05) is 36.2 Å². The fourth-order valence-corrected chi connectivity index (χ4v) is 3.83. The van der Waals surface area contributed by atoms with Gasteiger partial charge in [0.05, 0.1) is 23.4 Å². The first-order valence-corrected chi connectivity index (χ1v) is 9.50. The van der Waals surface area contributed by atoms with Gasteiger partial charge < -0.3 is 14.7 Å². The number of hydrogen-bond donors (Lipinski definition) is 1. The van der Waals surface area contributed by atoms with E-state index in [0.717, 1.165) is 21.5 Å². The normalized spacial score (nSPS) is 14.0. The van der Waals surface area contributed by atoms with Crippen molar-refractivity contribution >= 4 is 17.7 Å². The number of benzene rings is 1. The molecule has 0 unspecified atom stereocenters. The van der Waals surface area contributed by atoms with Crippen LogP contribution in [0.25, 0.3) is 6.08 Å². The van der Waals surface area contributed by atoms with Crippen molar-refractivity contribution in [3.63, 3.8) is 0 Å². The smallest absolute Gasteiger partial charge is 0.340 e. The average Bonchev–Trinajstić information content (AvgIpc) is 2.91. The van der Waals surface area contributed by atoms with Crippen LogP contribution in [0.4, 0.5) is 5.69 Å². The van der Waals surface area contributed by atoms with Gasteiger partial charge in [0.1, 0.15) is 11.6 Å². The Morgan fingerprint density at radius 3 is 2.57 bits per heavy atom. The van der Waals surface area contributed by atoms with Crippen molar-refractivity contribution in [2.75, 3.05) is 18.6 Å². The largest absolute Gasteiger partial charge is 0.494 e. The Kier molecular flexibility index (Phi) is 5.30. The Morgan fingerprint density at radius 2 is 1.97 bits per heavy atom. The van der Waals surface area contributed by atoms with Crippen LogP contribution in [0.5, 0.6) is 5.88 Å². The summed E-state index contributed by atoms with van der Waals surface area (Å²) in [5.74, 6) is -1.28. The summed E-state index contributed by atoms with van der Waals surface area (Å²) in [6.07, 6.45) is 1.43. The van der Waals surface area contributed by atoms with Crippen LogP contribution in [0.1, 0.15) is 47.8 Å². The summed E-state index contributed by atoms with van der Waals surface area (Å²) in [5, 5.41) is 20.1. The predicted octanol–water partition coefficient (Wildman–Crippen LogP) is 3.06. The van der Waals surface area contributed by atoms with E-state index in [1.54, 1.807) is 13.0 Å². The number of pyridine rings is 1. The van der Waals surface area contributed by atoms with Crippen molar-refractivity contribution in [3.05, 3.63) is 68.3 Å². The van der Waals surface area contributed by atoms with Crippen LogP contribution in [0.15, 0.2) is 40.5 Å². The molecule has 2 heterocycles. The van der Waals surface area contributed by atoms with Crippen molar-refractivity contribution in [1.29, 1.82) is 5.26 Å². The Morgan fingerprint density at radius 1 is 1.30 bits per heavy atom. The number of nitriles is 1. The lowest BCUT2D eigenvalue weighted by Gasteiger charge is -2.21. The number of rotatable bonds is 3. The monoisotopic (exact) mass is 405 g/mol. The highest BCUT2D eigenvalue weighted by atomic mass is 16.5. The van der Waals surface area contributed by atoms with Gasteiger partial charge in [-0.3, -0.25) is 9.36 Å². The van der Waals surface area contributed by atoms with Gasteiger partial charge in [-0.05, 0) is 38.5 Å². The Bertz CT molecular complexity index is 1210. The summed E-state index contributed by atoms with van der Waals surface area (Å²) in [5.41, 5.74) is 4.38. The van der Waals surface area contributed by atoms with Gasteiger partial charge >= 0.3 is 5.97 Å². The minimum Gasteiger partial charge on any atom is -0.494 e. The van der Waals surface area contributed by atoms with E-state index in [1.165, 1.54) is 13.1 Å². The minimum absolute atomic E-state index is 0.0137. The van der Waals surface area contributed by atoms with Gasteiger partial charge in [-0.25, -0.2) is 4.79 Å². The van der Waals surface area contributed by atoms with E-state index in [0.29, 0.717) is 0 Å². The number of esters is 1. The van der Waals surface area contributed by atoms with Gasteiger partial charge in [0.15, 0.2) is 0 Å². The molecular formula is C23H23N3O4. The molecule has 154 valence electrons. The number of carbonyl (C=O) groups is 1. The number of carbonyl (C=O) groups excluding carboxylic acids is 1. The first-order chi connectivity index (χ1) is 14.2. The number of anilines is 1. The molecule has 0 spiro atoms. The standard InChI is InChI=1S/C23H23N3O4/c1-6-30-22(29)19-14(20(27)26(5)21(28)15(19)13-24)11-12-18-23(2,3)16-9-7-8-10-17(16)25(18)4/h7-11,27H,6H2,1-5H3. The average molecular weight is 405 g/mol. The summed E-state index contributed by atoms with van der Waals surface area (Å²) in [7, 11) is 3.25. The van der Waals surface area contributed by atoms with Crippen molar-refractivity contribution in [2.24, 2.45) is 7.05 Å². The van der Waals surface area contributed by atoms with Crippen LogP contribution in [0.2, 0.25) is 0 Å². The molecule has 1 N–H and O–H groups in total. The number of likely N-dealkylation sites (N-methyl/N-ethyl adjacent to an activating group) is 1. The summed E-state index contributed by atoms with van der Waals surface area (Å²) < 4.78 is 5.96. The topological polar surface area (TPSA) is 95.6 Å². The van der Waals surface area contributed by atoms with Crippen LogP contribution in [-0.2, 0) is 17.2 Å². The maximum Gasteiger partial charge on any atom is 0.340 e. The maximum absolute atomic E-state index is 12.5. The molecule has 0 saturated heterocycles. The van der Waals surface area contributed by atoms with E-state index in [9.17, 15) is 20.0 Å². The maximum atomic E-state index is 12.5. The van der Waals surface area contributed by atoms with Crippen LogP contribution >= 0.6 is 0 Å². The molecule has 0 radical (unpaired) electrons. The third-order valence-corrected chi connectivity index (χ3v) is 5.41. The number of nitrogens with zero attached hydrogens (tertiary/aromatic N) is 3. The second-order valence-corrected chi connectivity index (χ2v) is 7.52. The third kappa shape index (κ3) is 3.08. The molecule has 1 aliphatic heterocycles. The molecule has 1 aromatic carbocycles. The second kappa shape index (κ2) is 7.58. The number of para-hydroxylation sites is 1. The lowest BCUT2D eigenvalue weighted by atomic mass is 9.84. The molecule has 7 heteroatoms. The Hall–Kier alpha value is -3.75. The van der Waals surface area contributed by atoms with Gasteiger partial charge in [0.2, 0.25) is 5.88 Å². The quantitative estimate of drug-likeness (QED) is 0.623. The van der Waals surface area contributed by atoms with E-state index < -0.39 is 17.4 Å². The molecule has 2 aromatic rings. The van der Waals surface area contributed by atoms with Crippen LogP contribution < -0.4 is 10.5 Å². The third-order valence-electron chi connectivity index (χ3n) is 5.41. The number of ether oxygens (including phenoxy) is 1. The van der Waals surface area contributed by atoms with Crippen LogP contribution in [0, 0.1) is 11.3 Å². The molecule has 0 saturated carbocycles. The fourth-order valence-electron chi connectivity index (χ4n) is 3.83. The predicted molar refractivity (Wildman–Crippen MR) is 113 cm³/mol. The van der Waals surface area contributed by atoms with E-state index in [-0.39, 0.29) is 28.7 Å². The van der Waals surface area contributed by atoms with Gasteiger partial charge in [-0.15, -0.1) is 0 Å². The number of fused-ring (bicyclic) bond motifs is 1. The summed E-state index contributed by atoms with van der Waals surface area (Å²) in [4.78, 5) is 26.9. The molecule has 0 fully saturated rings. The fraction of sp³-hybridized carbons (Fsp3) is 0.304. The number of allylic oxidation sites excluding steroid dienone is 1. The zero-order chi connectivity index (χ0) is 22.2. The SMILES string of the molecule is CCOC(=O)c1c(C=C=C2N(C)c3ccccc3C2(C)C)c(O)n(C)c(=O)c1C#N. The van der Waals surface area contributed by atoms with Crippen molar-refractivity contribution in [2.45, 2.75) is 26.2 Å². The number of aromatic nitrogens is 1. The van der Waals surface area contributed by atoms with Gasteiger partial charge in [-0.2, -0.15) is 5.26 Å². The van der Waals surface area contributed by atoms with Crippen molar-refractivity contribution in [1.82, 2.24) is 4.57 Å². The molecule has 3 rings (SSSR count). The van der Waals surface area contributed by atoms with Crippen LogP contribution in [-0.4, -0.2) is 29.3 Å². The molecule has 0 amide bonds. The summed E-state index contributed by atoms with van der Waals surface area (Å²) in [6.45, 7) is 5.79. The van der Waals surface area contributed by atoms with E-state index in [2.05, 4.69) is 19.6 Å². The minimum atomic E-state index is -0.845. The lowest BCUT2D eigenvalue weighted by Crippen LogP contribution is -2.25. The number of aromatic hydroxyl groups is 1. The first kappa shape index (κ1) is 21.0. The summed E-state index contributed by atoms with van der Waals surface area (Å²) >= 11 is 0. The molecule has 1 aliphatic rings. The highest BCUT2D eigenvalue weighted by Crippen LogP contribution is 2.46. The molecular weight excluding hydrogens is 382 g/mol. The van der Waals surface area contributed by atoms with Crippen molar-refractivity contribution < 1.29 is 14.6 Å². The molecule has 0 aliphatic carbocycles. The highest BCUT2D eigenvalue weighted by molar-refractivity contribution is 5.97.